The van der Waals surface area contributed by atoms with E-state index in [9.17, 15) is 0 Å². The standard InChI is InChI=1S/C51H32N4/c1-2-13-36(14-3-1)47-30-48(39-25-27-46(53-32-39)38-15-10-28-52-31-38)55-50(54-47)37-23-22-35-21-20-34-12-5-8-18-42(34)51(45(35)29-37)43-19-9-7-17-41(43)49-40-16-6-4-11-33(40)24-26-44(49)51/h1-32H. The molecule has 0 saturated heterocycles. The Morgan fingerprint density at radius 2 is 1.13 bits per heavy atom. The van der Waals surface area contributed by atoms with Crippen LogP contribution in [-0.4, -0.2) is 19.9 Å². The van der Waals surface area contributed by atoms with Gasteiger partial charge in [-0.3, -0.25) is 9.97 Å². The Morgan fingerprint density at radius 1 is 0.418 bits per heavy atom. The van der Waals surface area contributed by atoms with Crippen molar-refractivity contribution in [2.24, 2.45) is 0 Å². The average molecular weight is 701 g/mol. The van der Waals surface area contributed by atoms with Crippen LogP contribution in [0.15, 0.2) is 182 Å². The first kappa shape index (κ1) is 31.2. The molecule has 0 amide bonds. The number of pyridine rings is 2. The van der Waals surface area contributed by atoms with Gasteiger partial charge in [0.1, 0.15) is 0 Å². The van der Waals surface area contributed by atoms with E-state index in [1.165, 1.54) is 55.3 Å². The van der Waals surface area contributed by atoms with Gasteiger partial charge in [0, 0.05) is 40.8 Å². The van der Waals surface area contributed by atoms with Crippen molar-refractivity contribution in [3.8, 4) is 56.3 Å². The van der Waals surface area contributed by atoms with Gasteiger partial charge in [0.05, 0.1) is 22.5 Å². The zero-order chi connectivity index (χ0) is 36.3. The van der Waals surface area contributed by atoms with E-state index in [2.05, 4.69) is 157 Å². The lowest BCUT2D eigenvalue weighted by molar-refractivity contribution is 0.767. The van der Waals surface area contributed by atoms with Crippen LogP contribution in [0.3, 0.4) is 0 Å². The minimum Gasteiger partial charge on any atom is -0.264 e. The van der Waals surface area contributed by atoms with E-state index in [4.69, 9.17) is 15.0 Å². The molecule has 0 radical (unpaired) electrons. The molecule has 0 aliphatic heterocycles. The first-order valence-corrected chi connectivity index (χ1v) is 18.6. The number of hydrogen-bond donors (Lipinski definition) is 0. The van der Waals surface area contributed by atoms with Gasteiger partial charge in [-0.05, 0) is 91.7 Å². The van der Waals surface area contributed by atoms with E-state index in [1.54, 1.807) is 6.20 Å². The highest BCUT2D eigenvalue weighted by atomic mass is 14.9. The lowest BCUT2D eigenvalue weighted by Crippen LogP contribution is -2.30. The van der Waals surface area contributed by atoms with Gasteiger partial charge in [0.15, 0.2) is 5.82 Å². The molecular formula is C51H32N4. The number of rotatable bonds is 4. The molecule has 0 N–H and O–H groups in total. The molecule has 1 spiro atoms. The summed E-state index contributed by atoms with van der Waals surface area (Å²) in [5, 5.41) is 2.51. The maximum atomic E-state index is 5.28. The summed E-state index contributed by atoms with van der Waals surface area (Å²) < 4.78 is 0. The SMILES string of the molecule is C1=Cc2ccc(-c3nc(-c4ccccc4)cc(-c4ccc(-c5cccnc5)nc4)n3)cc2C2(c3ccccc31)c1ccccc1-c1c2ccc2ccccc12. The van der Waals surface area contributed by atoms with E-state index < -0.39 is 5.41 Å². The Kier molecular flexibility index (Phi) is 7.04. The van der Waals surface area contributed by atoms with Gasteiger partial charge in [-0.1, -0.05) is 140 Å². The van der Waals surface area contributed by atoms with Crippen LogP contribution in [0.4, 0.5) is 0 Å². The molecule has 9 aromatic rings. The predicted molar refractivity (Wildman–Crippen MR) is 223 cm³/mol. The Morgan fingerprint density at radius 3 is 1.96 bits per heavy atom. The van der Waals surface area contributed by atoms with Gasteiger partial charge >= 0.3 is 0 Å². The van der Waals surface area contributed by atoms with Gasteiger partial charge in [0.2, 0.25) is 0 Å². The maximum absolute atomic E-state index is 5.28. The van der Waals surface area contributed by atoms with E-state index in [-0.39, 0.29) is 0 Å². The van der Waals surface area contributed by atoms with Crippen molar-refractivity contribution < 1.29 is 0 Å². The first-order valence-electron chi connectivity index (χ1n) is 18.6. The smallest absolute Gasteiger partial charge is 0.160 e. The summed E-state index contributed by atoms with van der Waals surface area (Å²) in [6.45, 7) is 0. The summed E-state index contributed by atoms with van der Waals surface area (Å²) in [6.07, 6.45) is 10.1. The van der Waals surface area contributed by atoms with E-state index >= 15 is 0 Å². The monoisotopic (exact) mass is 700 g/mol. The second-order valence-electron chi connectivity index (χ2n) is 14.2. The van der Waals surface area contributed by atoms with Gasteiger partial charge < -0.3 is 0 Å². The van der Waals surface area contributed by atoms with Gasteiger partial charge in [-0.15, -0.1) is 0 Å². The molecule has 0 fully saturated rings. The van der Waals surface area contributed by atoms with Crippen molar-refractivity contribution in [2.75, 3.05) is 0 Å². The fourth-order valence-electron chi connectivity index (χ4n) is 8.81. The predicted octanol–water partition coefficient (Wildman–Crippen LogP) is 11.9. The second-order valence-corrected chi connectivity index (χ2v) is 14.2. The quantitative estimate of drug-likeness (QED) is 0.183. The van der Waals surface area contributed by atoms with Crippen molar-refractivity contribution in [3.05, 3.63) is 216 Å². The third-order valence-corrected chi connectivity index (χ3v) is 11.3. The zero-order valence-electron chi connectivity index (χ0n) is 29.8. The molecule has 2 aliphatic carbocycles. The minimum absolute atomic E-state index is 0.576. The van der Waals surface area contributed by atoms with Crippen LogP contribution in [0, 0.1) is 0 Å². The molecule has 256 valence electrons. The zero-order valence-corrected chi connectivity index (χ0v) is 29.8. The van der Waals surface area contributed by atoms with Gasteiger partial charge in [-0.25, -0.2) is 9.97 Å². The van der Waals surface area contributed by atoms with Crippen molar-refractivity contribution in [3.63, 3.8) is 0 Å². The van der Waals surface area contributed by atoms with Crippen LogP contribution in [0.2, 0.25) is 0 Å². The molecule has 3 heterocycles. The summed E-state index contributed by atoms with van der Waals surface area (Å²) in [5.41, 5.74) is 15.8. The van der Waals surface area contributed by atoms with Crippen LogP contribution in [0.1, 0.15) is 33.4 Å². The summed E-state index contributed by atoms with van der Waals surface area (Å²) in [5.74, 6) is 0.664. The van der Waals surface area contributed by atoms with Crippen molar-refractivity contribution >= 4 is 22.9 Å². The number of benzene rings is 6. The normalized spacial score (nSPS) is 14.9. The molecule has 55 heavy (non-hydrogen) atoms. The molecule has 4 nitrogen and oxygen atoms in total. The van der Waals surface area contributed by atoms with Gasteiger partial charge in [-0.2, -0.15) is 0 Å². The molecule has 0 bridgehead atoms. The van der Waals surface area contributed by atoms with Crippen molar-refractivity contribution in [1.29, 1.82) is 0 Å². The number of fused-ring (bicyclic) bond motifs is 11. The van der Waals surface area contributed by atoms with Gasteiger partial charge in [0.25, 0.3) is 0 Å². The van der Waals surface area contributed by atoms with E-state index in [0.29, 0.717) is 5.82 Å². The molecule has 11 rings (SSSR count). The topological polar surface area (TPSA) is 51.6 Å². The summed E-state index contributed by atoms with van der Waals surface area (Å²) in [7, 11) is 0. The number of aromatic nitrogens is 4. The molecule has 0 saturated carbocycles. The Bertz CT molecular complexity index is 2970. The summed E-state index contributed by atoms with van der Waals surface area (Å²) in [6, 6.07) is 58.5. The third kappa shape index (κ3) is 4.85. The number of hydrogen-bond acceptors (Lipinski definition) is 4. The summed E-state index contributed by atoms with van der Waals surface area (Å²) >= 11 is 0. The second kappa shape index (κ2) is 12.4. The third-order valence-electron chi connectivity index (χ3n) is 11.3. The van der Waals surface area contributed by atoms with E-state index in [1.807, 2.05) is 36.7 Å². The Hall–Kier alpha value is -7.30. The maximum Gasteiger partial charge on any atom is 0.160 e. The van der Waals surface area contributed by atoms with E-state index in [0.717, 1.165) is 39.3 Å². The van der Waals surface area contributed by atoms with Crippen LogP contribution >= 0.6 is 0 Å². The highest BCUT2D eigenvalue weighted by Gasteiger charge is 2.49. The Balaban J connectivity index is 1.16. The molecule has 1 unspecified atom stereocenters. The summed E-state index contributed by atoms with van der Waals surface area (Å²) in [4.78, 5) is 19.7. The van der Waals surface area contributed by atoms with Crippen molar-refractivity contribution in [1.82, 2.24) is 19.9 Å². The molecule has 2 aliphatic rings. The fourth-order valence-corrected chi connectivity index (χ4v) is 8.81. The lowest BCUT2D eigenvalue weighted by Gasteiger charge is -2.35. The highest BCUT2D eigenvalue weighted by Crippen LogP contribution is 2.60. The lowest BCUT2D eigenvalue weighted by atomic mass is 9.65. The van der Waals surface area contributed by atoms with Crippen LogP contribution in [0.25, 0.3) is 79.2 Å². The highest BCUT2D eigenvalue weighted by molar-refractivity contribution is 6.05. The largest absolute Gasteiger partial charge is 0.264 e. The van der Waals surface area contributed by atoms with Crippen molar-refractivity contribution in [2.45, 2.75) is 5.41 Å². The molecule has 6 aromatic carbocycles. The molecule has 3 aromatic heterocycles. The minimum atomic E-state index is -0.576. The molecule has 1 atom stereocenters. The average Bonchev–Trinajstić information content (AvgIpc) is 3.48. The molecule has 4 heteroatoms. The molecular weight excluding hydrogens is 669 g/mol. The first-order chi connectivity index (χ1) is 27.3. The van der Waals surface area contributed by atoms with Crippen LogP contribution in [-0.2, 0) is 5.41 Å². The Labute approximate surface area is 319 Å². The number of nitrogens with zero attached hydrogens (tertiary/aromatic N) is 4. The van der Waals surface area contributed by atoms with Crippen LogP contribution < -0.4 is 0 Å². The van der Waals surface area contributed by atoms with Crippen LogP contribution in [0.5, 0.6) is 0 Å². The fraction of sp³-hybridized carbons (Fsp3) is 0.0196.